The standard InChI is InChI=1S/C11H18N2/c1-3-4-10-11-6-5-9(2)13(11)8-7-12-10/h5-6,10,12H,3-4,7-8H2,1-2H3. The van der Waals surface area contributed by atoms with Crippen LogP contribution in [0.15, 0.2) is 12.1 Å². The summed E-state index contributed by atoms with van der Waals surface area (Å²) in [7, 11) is 0. The molecule has 1 atom stereocenters. The van der Waals surface area contributed by atoms with Gasteiger partial charge in [-0.25, -0.2) is 0 Å². The van der Waals surface area contributed by atoms with Crippen molar-refractivity contribution >= 4 is 0 Å². The Morgan fingerprint density at radius 1 is 1.54 bits per heavy atom. The maximum Gasteiger partial charge on any atom is 0.0475 e. The summed E-state index contributed by atoms with van der Waals surface area (Å²) in [6.45, 7) is 6.69. The number of nitrogens with one attached hydrogen (secondary N) is 1. The number of aryl methyl sites for hydroxylation is 1. The molecule has 2 heteroatoms. The van der Waals surface area contributed by atoms with Crippen molar-refractivity contribution in [3.05, 3.63) is 23.5 Å². The lowest BCUT2D eigenvalue weighted by Crippen LogP contribution is -2.33. The van der Waals surface area contributed by atoms with Crippen LogP contribution in [0.5, 0.6) is 0 Å². The zero-order valence-corrected chi connectivity index (χ0v) is 8.51. The molecule has 72 valence electrons. The fourth-order valence-corrected chi connectivity index (χ4v) is 2.19. The maximum absolute atomic E-state index is 3.57. The Labute approximate surface area is 79.9 Å². The fourth-order valence-electron chi connectivity index (χ4n) is 2.19. The van der Waals surface area contributed by atoms with E-state index in [2.05, 4.69) is 35.9 Å². The summed E-state index contributed by atoms with van der Waals surface area (Å²) in [4.78, 5) is 0. The molecule has 1 unspecified atom stereocenters. The van der Waals surface area contributed by atoms with E-state index in [0.29, 0.717) is 6.04 Å². The third-order valence-electron chi connectivity index (χ3n) is 2.89. The Bertz CT molecular complexity index is 288. The summed E-state index contributed by atoms with van der Waals surface area (Å²) < 4.78 is 2.44. The number of fused-ring (bicyclic) bond motifs is 1. The molecule has 0 bridgehead atoms. The van der Waals surface area contributed by atoms with Crippen LogP contribution >= 0.6 is 0 Å². The minimum atomic E-state index is 0.590. The molecule has 1 aromatic rings. The van der Waals surface area contributed by atoms with Gasteiger partial charge in [0.05, 0.1) is 0 Å². The molecular formula is C11H18N2. The van der Waals surface area contributed by atoms with Crippen molar-refractivity contribution in [2.75, 3.05) is 6.54 Å². The van der Waals surface area contributed by atoms with Crippen LogP contribution in [-0.4, -0.2) is 11.1 Å². The quantitative estimate of drug-likeness (QED) is 0.735. The largest absolute Gasteiger partial charge is 0.346 e. The average Bonchev–Trinajstić information content (AvgIpc) is 2.50. The SMILES string of the molecule is CCCC1NCCn2c(C)ccc21. The van der Waals surface area contributed by atoms with Gasteiger partial charge in [0.15, 0.2) is 0 Å². The van der Waals surface area contributed by atoms with E-state index in [1.54, 1.807) is 0 Å². The third-order valence-corrected chi connectivity index (χ3v) is 2.89. The molecule has 0 saturated heterocycles. The topological polar surface area (TPSA) is 17.0 Å². The summed E-state index contributed by atoms with van der Waals surface area (Å²) in [6, 6.07) is 5.08. The molecular weight excluding hydrogens is 160 g/mol. The van der Waals surface area contributed by atoms with E-state index in [4.69, 9.17) is 0 Å². The Morgan fingerprint density at radius 3 is 3.15 bits per heavy atom. The van der Waals surface area contributed by atoms with Gasteiger partial charge in [-0.15, -0.1) is 0 Å². The van der Waals surface area contributed by atoms with Crippen LogP contribution in [0.25, 0.3) is 0 Å². The van der Waals surface area contributed by atoms with Crippen molar-refractivity contribution in [1.29, 1.82) is 0 Å². The van der Waals surface area contributed by atoms with Gasteiger partial charge >= 0.3 is 0 Å². The molecule has 2 nitrogen and oxygen atoms in total. The lowest BCUT2D eigenvalue weighted by atomic mass is 10.1. The Kier molecular flexibility index (Phi) is 2.40. The van der Waals surface area contributed by atoms with Gasteiger partial charge in [0, 0.05) is 30.5 Å². The summed E-state index contributed by atoms with van der Waals surface area (Å²) >= 11 is 0. The van der Waals surface area contributed by atoms with Crippen molar-refractivity contribution in [1.82, 2.24) is 9.88 Å². The van der Waals surface area contributed by atoms with Crippen LogP contribution in [0.2, 0.25) is 0 Å². The molecule has 2 rings (SSSR count). The van der Waals surface area contributed by atoms with Crippen LogP contribution < -0.4 is 5.32 Å². The van der Waals surface area contributed by atoms with E-state index < -0.39 is 0 Å². The number of hydrogen-bond donors (Lipinski definition) is 1. The van der Waals surface area contributed by atoms with Crippen LogP contribution in [-0.2, 0) is 6.54 Å². The highest BCUT2D eigenvalue weighted by atomic mass is 15.1. The second kappa shape index (κ2) is 3.54. The highest BCUT2D eigenvalue weighted by molar-refractivity contribution is 5.20. The first-order valence-corrected chi connectivity index (χ1v) is 5.22. The molecule has 1 N–H and O–H groups in total. The summed E-state index contributed by atoms with van der Waals surface area (Å²) in [5.41, 5.74) is 2.88. The normalized spacial score (nSPS) is 21.5. The molecule has 13 heavy (non-hydrogen) atoms. The van der Waals surface area contributed by atoms with E-state index in [-0.39, 0.29) is 0 Å². The highest BCUT2D eigenvalue weighted by Crippen LogP contribution is 2.23. The van der Waals surface area contributed by atoms with Gasteiger partial charge < -0.3 is 9.88 Å². The molecule has 1 aromatic heterocycles. The first kappa shape index (κ1) is 8.82. The van der Waals surface area contributed by atoms with Gasteiger partial charge in [-0.3, -0.25) is 0 Å². The molecule has 0 fully saturated rings. The van der Waals surface area contributed by atoms with Crippen LogP contribution in [0.3, 0.4) is 0 Å². The Morgan fingerprint density at radius 2 is 2.38 bits per heavy atom. The first-order valence-electron chi connectivity index (χ1n) is 5.22. The summed E-state index contributed by atoms with van der Waals surface area (Å²) in [6.07, 6.45) is 2.51. The predicted molar refractivity (Wildman–Crippen MR) is 54.8 cm³/mol. The van der Waals surface area contributed by atoms with Crippen molar-refractivity contribution in [3.63, 3.8) is 0 Å². The number of aromatic nitrogens is 1. The van der Waals surface area contributed by atoms with E-state index in [1.807, 2.05) is 0 Å². The van der Waals surface area contributed by atoms with Crippen LogP contribution in [0, 0.1) is 6.92 Å². The lowest BCUT2D eigenvalue weighted by Gasteiger charge is -2.27. The molecule has 1 aliphatic rings. The van der Waals surface area contributed by atoms with Gasteiger partial charge in [0.1, 0.15) is 0 Å². The van der Waals surface area contributed by atoms with Crippen molar-refractivity contribution in [2.24, 2.45) is 0 Å². The fraction of sp³-hybridized carbons (Fsp3) is 0.636. The molecule has 0 aromatic carbocycles. The molecule has 0 aliphatic carbocycles. The van der Waals surface area contributed by atoms with E-state index in [0.717, 1.165) is 13.1 Å². The molecule has 0 saturated carbocycles. The van der Waals surface area contributed by atoms with Gasteiger partial charge in [-0.2, -0.15) is 0 Å². The Hall–Kier alpha value is -0.760. The smallest absolute Gasteiger partial charge is 0.0475 e. The highest BCUT2D eigenvalue weighted by Gasteiger charge is 2.19. The van der Waals surface area contributed by atoms with E-state index in [1.165, 1.54) is 24.2 Å². The second-order valence-corrected chi connectivity index (χ2v) is 3.85. The molecule has 0 radical (unpaired) electrons. The van der Waals surface area contributed by atoms with Crippen molar-refractivity contribution in [2.45, 2.75) is 39.3 Å². The second-order valence-electron chi connectivity index (χ2n) is 3.85. The zero-order chi connectivity index (χ0) is 9.26. The molecule has 0 spiro atoms. The lowest BCUT2D eigenvalue weighted by molar-refractivity contribution is 0.400. The number of nitrogens with zero attached hydrogens (tertiary/aromatic N) is 1. The van der Waals surface area contributed by atoms with Gasteiger partial charge in [0.2, 0.25) is 0 Å². The minimum Gasteiger partial charge on any atom is -0.346 e. The summed E-state index contributed by atoms with van der Waals surface area (Å²) in [5, 5.41) is 3.57. The molecule has 0 amide bonds. The molecule has 2 heterocycles. The van der Waals surface area contributed by atoms with Crippen molar-refractivity contribution < 1.29 is 0 Å². The molecule has 1 aliphatic heterocycles. The first-order chi connectivity index (χ1) is 6.33. The number of hydrogen-bond acceptors (Lipinski definition) is 1. The number of rotatable bonds is 2. The van der Waals surface area contributed by atoms with E-state index in [9.17, 15) is 0 Å². The van der Waals surface area contributed by atoms with Crippen LogP contribution in [0.4, 0.5) is 0 Å². The van der Waals surface area contributed by atoms with Crippen LogP contribution in [0.1, 0.15) is 37.2 Å². The average molecular weight is 178 g/mol. The van der Waals surface area contributed by atoms with Crippen molar-refractivity contribution in [3.8, 4) is 0 Å². The minimum absolute atomic E-state index is 0.590. The van der Waals surface area contributed by atoms with Gasteiger partial charge in [-0.1, -0.05) is 13.3 Å². The zero-order valence-electron chi connectivity index (χ0n) is 8.51. The monoisotopic (exact) mass is 178 g/mol. The van der Waals surface area contributed by atoms with Gasteiger partial charge in [-0.05, 0) is 25.5 Å². The van der Waals surface area contributed by atoms with E-state index >= 15 is 0 Å². The Balaban J connectivity index is 2.27. The third kappa shape index (κ3) is 1.51. The maximum atomic E-state index is 3.57. The predicted octanol–water partition coefficient (Wildman–Crippen LogP) is 2.24. The van der Waals surface area contributed by atoms with Gasteiger partial charge in [0.25, 0.3) is 0 Å². The summed E-state index contributed by atoms with van der Waals surface area (Å²) in [5.74, 6) is 0.